The molecular formula is C21H23F2N5O4S. The summed E-state index contributed by atoms with van der Waals surface area (Å²) in [6, 6.07) is 4.09. The van der Waals surface area contributed by atoms with Crippen LogP contribution >= 0.6 is 0 Å². The first-order valence-corrected chi connectivity index (χ1v) is 11.7. The van der Waals surface area contributed by atoms with Crippen LogP contribution in [0.1, 0.15) is 41.4 Å². The maximum absolute atomic E-state index is 15.0. The molecule has 1 spiro atoms. The van der Waals surface area contributed by atoms with Crippen LogP contribution < -0.4 is 10.5 Å². The average Bonchev–Trinajstić information content (AvgIpc) is 3.61. The van der Waals surface area contributed by atoms with Gasteiger partial charge < -0.3 is 10.5 Å². The molecule has 1 aromatic heterocycles. The molecule has 0 radical (unpaired) electrons. The molecule has 1 saturated carbocycles. The van der Waals surface area contributed by atoms with Crippen molar-refractivity contribution in [2.45, 2.75) is 36.5 Å². The van der Waals surface area contributed by atoms with Crippen LogP contribution in [0.2, 0.25) is 0 Å². The molecule has 4 rings (SSSR count). The Morgan fingerprint density at radius 3 is 2.61 bits per heavy atom. The van der Waals surface area contributed by atoms with Gasteiger partial charge in [-0.25, -0.2) is 36.5 Å². The lowest BCUT2D eigenvalue weighted by Crippen LogP contribution is -2.58. The van der Waals surface area contributed by atoms with Crippen LogP contribution in [-0.4, -0.2) is 59.5 Å². The summed E-state index contributed by atoms with van der Waals surface area (Å²) in [4.78, 5) is 25.0. The van der Waals surface area contributed by atoms with E-state index in [0.29, 0.717) is 18.4 Å². The number of ketones is 1. The second-order valence-corrected chi connectivity index (χ2v) is 10.5. The number of sulfonamides is 1. The van der Waals surface area contributed by atoms with Gasteiger partial charge in [-0.05, 0) is 37.5 Å². The Hall–Kier alpha value is -3.15. The third-order valence-electron chi connectivity index (χ3n) is 6.27. The number of nitrogens with two attached hydrogens (primary N) is 1. The van der Waals surface area contributed by atoms with Gasteiger partial charge in [0.1, 0.15) is 35.1 Å². The number of carbonyl (C=O) groups excluding carboxylic acids is 1. The van der Waals surface area contributed by atoms with Crippen molar-refractivity contribution in [3.63, 3.8) is 0 Å². The average molecular weight is 480 g/mol. The van der Waals surface area contributed by atoms with Crippen molar-refractivity contribution in [3.05, 3.63) is 53.2 Å². The smallest absolute Gasteiger partial charge is 0.245 e. The standard InChI is InChI=1S/C21H23F2N5O4S/c1-20(21(5-6-21)33(30,31)28(2)19(24)27-20)14-9-13(3-4-15(14)23)10-17(29)16-11-26-18(12-25-16)32-8-7-22/h3-4,9,11-12H,5-8,10H2,1-2H3,(H2,24,27)/t20-/m1/s1. The zero-order valence-corrected chi connectivity index (χ0v) is 18.9. The van der Waals surface area contributed by atoms with Gasteiger partial charge in [-0.15, -0.1) is 0 Å². The molecule has 0 bridgehead atoms. The molecule has 1 atom stereocenters. The zero-order chi connectivity index (χ0) is 24.0. The summed E-state index contributed by atoms with van der Waals surface area (Å²) in [7, 11) is -2.52. The predicted octanol–water partition coefficient (Wildman–Crippen LogP) is 1.73. The monoisotopic (exact) mass is 479 g/mol. The summed E-state index contributed by atoms with van der Waals surface area (Å²) < 4.78 is 58.0. The van der Waals surface area contributed by atoms with Crippen LogP contribution in [0.5, 0.6) is 5.88 Å². The van der Waals surface area contributed by atoms with Crippen LogP contribution in [-0.2, 0) is 22.0 Å². The molecule has 12 heteroatoms. The molecule has 1 aliphatic heterocycles. The van der Waals surface area contributed by atoms with E-state index in [2.05, 4.69) is 15.0 Å². The number of ether oxygens (including phenoxy) is 1. The minimum absolute atomic E-state index is 0.0579. The second-order valence-electron chi connectivity index (χ2n) is 8.20. The Balaban J connectivity index is 1.64. The first kappa shape index (κ1) is 23.0. The highest BCUT2D eigenvalue weighted by Gasteiger charge is 2.70. The number of halogens is 2. The fourth-order valence-corrected chi connectivity index (χ4v) is 6.30. The van der Waals surface area contributed by atoms with Gasteiger partial charge in [0.05, 0.1) is 12.4 Å². The molecule has 33 heavy (non-hydrogen) atoms. The quantitative estimate of drug-likeness (QED) is 0.599. The van der Waals surface area contributed by atoms with Gasteiger partial charge in [-0.3, -0.25) is 4.79 Å². The lowest BCUT2D eigenvalue weighted by molar-refractivity contribution is 0.0987. The van der Waals surface area contributed by atoms with Crippen molar-refractivity contribution < 1.29 is 26.7 Å². The molecule has 0 saturated heterocycles. The lowest BCUT2D eigenvalue weighted by Gasteiger charge is -2.42. The molecule has 2 heterocycles. The number of guanidine groups is 1. The minimum atomic E-state index is -3.85. The first-order chi connectivity index (χ1) is 15.6. The molecule has 176 valence electrons. The third kappa shape index (κ3) is 3.62. The number of rotatable bonds is 7. The van der Waals surface area contributed by atoms with E-state index in [1.807, 2.05) is 0 Å². The molecule has 2 N–H and O–H groups in total. The third-order valence-corrected chi connectivity index (χ3v) is 8.97. The number of carbonyl (C=O) groups is 1. The van der Waals surface area contributed by atoms with Gasteiger partial charge in [-0.2, -0.15) is 0 Å². The summed E-state index contributed by atoms with van der Waals surface area (Å²) in [5.41, 5.74) is 5.01. The number of aliphatic imine (C=N–C) groups is 1. The molecule has 2 aliphatic rings. The van der Waals surface area contributed by atoms with Crippen molar-refractivity contribution in [3.8, 4) is 5.88 Å². The number of Topliss-reactive ketones (excluding diaryl/α,β-unsaturated/α-hetero) is 1. The first-order valence-electron chi connectivity index (χ1n) is 10.2. The maximum Gasteiger partial charge on any atom is 0.245 e. The van der Waals surface area contributed by atoms with Crippen molar-refractivity contribution in [1.29, 1.82) is 0 Å². The van der Waals surface area contributed by atoms with E-state index in [1.165, 1.54) is 37.6 Å². The Morgan fingerprint density at radius 1 is 1.27 bits per heavy atom. The molecule has 0 unspecified atom stereocenters. The zero-order valence-electron chi connectivity index (χ0n) is 18.1. The summed E-state index contributed by atoms with van der Waals surface area (Å²) in [5, 5.41) is 0. The fraction of sp³-hybridized carbons (Fsp3) is 0.429. The number of alkyl halides is 1. The van der Waals surface area contributed by atoms with E-state index in [1.54, 1.807) is 6.92 Å². The van der Waals surface area contributed by atoms with Crippen molar-refractivity contribution in [2.24, 2.45) is 10.7 Å². The Bertz CT molecular complexity index is 1230. The number of hydrogen-bond acceptors (Lipinski definition) is 8. The highest BCUT2D eigenvalue weighted by atomic mass is 32.2. The van der Waals surface area contributed by atoms with Gasteiger partial charge in [0, 0.05) is 19.0 Å². The van der Waals surface area contributed by atoms with E-state index in [4.69, 9.17) is 10.5 Å². The molecule has 2 aromatic rings. The van der Waals surface area contributed by atoms with E-state index >= 15 is 0 Å². The highest BCUT2D eigenvalue weighted by molar-refractivity contribution is 7.91. The summed E-state index contributed by atoms with van der Waals surface area (Å²) in [6.45, 7) is 0.713. The summed E-state index contributed by atoms with van der Waals surface area (Å²) in [5.74, 6) is -1.15. The van der Waals surface area contributed by atoms with Crippen LogP contribution in [0.4, 0.5) is 8.78 Å². The highest BCUT2D eigenvalue weighted by Crippen LogP contribution is 2.60. The van der Waals surface area contributed by atoms with Gasteiger partial charge in [-0.1, -0.05) is 6.07 Å². The summed E-state index contributed by atoms with van der Waals surface area (Å²) in [6.07, 6.45) is 2.96. The van der Waals surface area contributed by atoms with Crippen molar-refractivity contribution >= 4 is 21.8 Å². The number of benzene rings is 1. The van der Waals surface area contributed by atoms with Crippen LogP contribution in [0.15, 0.2) is 35.6 Å². The normalized spacial score (nSPS) is 22.7. The van der Waals surface area contributed by atoms with E-state index < -0.39 is 32.8 Å². The number of aromatic nitrogens is 2. The van der Waals surface area contributed by atoms with Crippen molar-refractivity contribution in [2.75, 3.05) is 20.3 Å². The van der Waals surface area contributed by atoms with Gasteiger partial charge in [0.25, 0.3) is 0 Å². The SMILES string of the molecule is CN1C(N)=N[C@](C)(c2cc(CC(=O)c3cnc(OCCF)cn3)ccc2F)C2(CC2)S1(=O)=O. The molecule has 1 aromatic carbocycles. The predicted molar refractivity (Wildman–Crippen MR) is 116 cm³/mol. The molecule has 1 fully saturated rings. The van der Waals surface area contributed by atoms with Crippen molar-refractivity contribution in [1.82, 2.24) is 14.3 Å². The van der Waals surface area contributed by atoms with Gasteiger partial charge >= 0.3 is 0 Å². The Kier molecular flexibility index (Phi) is 5.59. The molecule has 1 aliphatic carbocycles. The Morgan fingerprint density at radius 2 is 2.00 bits per heavy atom. The number of nitrogens with zero attached hydrogens (tertiary/aromatic N) is 4. The fourth-order valence-electron chi connectivity index (χ4n) is 4.21. The van der Waals surface area contributed by atoms with Gasteiger partial charge in [0.2, 0.25) is 21.9 Å². The van der Waals surface area contributed by atoms with E-state index in [9.17, 15) is 22.0 Å². The maximum atomic E-state index is 15.0. The van der Waals surface area contributed by atoms with Gasteiger partial charge in [0.15, 0.2) is 5.78 Å². The Labute approximate surface area is 189 Å². The minimum Gasteiger partial charge on any atom is -0.474 e. The second kappa shape index (κ2) is 8.01. The number of hydrogen-bond donors (Lipinski definition) is 1. The lowest BCUT2D eigenvalue weighted by atomic mass is 9.85. The topological polar surface area (TPSA) is 128 Å². The largest absolute Gasteiger partial charge is 0.474 e. The van der Waals surface area contributed by atoms with Crippen LogP contribution in [0, 0.1) is 5.82 Å². The molecule has 9 nitrogen and oxygen atoms in total. The van der Waals surface area contributed by atoms with Crippen LogP contribution in [0.25, 0.3) is 0 Å². The summed E-state index contributed by atoms with van der Waals surface area (Å²) >= 11 is 0. The van der Waals surface area contributed by atoms with E-state index in [0.717, 1.165) is 4.31 Å². The molecule has 0 amide bonds. The molecular weight excluding hydrogens is 456 g/mol. The van der Waals surface area contributed by atoms with Crippen LogP contribution in [0.3, 0.4) is 0 Å². The van der Waals surface area contributed by atoms with E-state index in [-0.39, 0.29) is 41.9 Å².